The second kappa shape index (κ2) is 7.55. The van der Waals surface area contributed by atoms with Gasteiger partial charge in [-0.05, 0) is 37.5 Å². The van der Waals surface area contributed by atoms with Crippen molar-refractivity contribution in [2.24, 2.45) is 0 Å². The molecule has 1 heterocycles. The molecule has 0 radical (unpaired) electrons. The van der Waals surface area contributed by atoms with Crippen molar-refractivity contribution in [3.63, 3.8) is 0 Å². The zero-order valence-electron chi connectivity index (χ0n) is 16.1. The molecule has 0 amide bonds. The van der Waals surface area contributed by atoms with Gasteiger partial charge < -0.3 is 9.63 Å². The van der Waals surface area contributed by atoms with E-state index >= 15 is 0 Å². The van der Waals surface area contributed by atoms with E-state index < -0.39 is 13.5 Å². The van der Waals surface area contributed by atoms with E-state index in [1.165, 1.54) is 16.0 Å². The molecule has 0 saturated carbocycles. The van der Waals surface area contributed by atoms with Crippen LogP contribution in [0.4, 0.5) is 5.69 Å². The van der Waals surface area contributed by atoms with Crippen molar-refractivity contribution in [2.45, 2.75) is 40.0 Å². The maximum absolute atomic E-state index is 13.8. The van der Waals surface area contributed by atoms with Gasteiger partial charge in [0.25, 0.3) is 0 Å². The summed E-state index contributed by atoms with van der Waals surface area (Å²) in [6, 6.07) is 9.12. The molecule has 0 saturated heterocycles. The molecule has 1 atom stereocenters. The van der Waals surface area contributed by atoms with Gasteiger partial charge in [-0.25, -0.2) is 4.79 Å². The number of aromatic carboxylic acids is 1. The van der Waals surface area contributed by atoms with Gasteiger partial charge in [-0.3, -0.25) is 9.24 Å². The average molecular weight is 395 g/mol. The first-order valence-corrected chi connectivity index (χ1v) is 10.8. The Labute approximate surface area is 159 Å². The molecule has 5 nitrogen and oxygen atoms in total. The van der Waals surface area contributed by atoms with Gasteiger partial charge in [0, 0.05) is 11.9 Å². The van der Waals surface area contributed by atoms with E-state index in [9.17, 15) is 14.5 Å². The number of aryl methyl sites for hydroxylation is 1. The molecule has 0 aliphatic heterocycles. The summed E-state index contributed by atoms with van der Waals surface area (Å²) in [5, 5.41) is 10.2. The fourth-order valence-electron chi connectivity index (χ4n) is 2.53. The molecule has 142 valence electrons. The molecule has 0 aliphatic carbocycles. The summed E-state index contributed by atoms with van der Waals surface area (Å²) in [4.78, 5) is 12.9. The smallest absolute Gasteiger partial charge is 0.348 e. The maximum Gasteiger partial charge on any atom is 0.348 e. The molecule has 0 spiro atoms. The van der Waals surface area contributed by atoms with Crippen LogP contribution in [-0.4, -0.2) is 24.7 Å². The number of anilines is 1. The maximum atomic E-state index is 13.8. The van der Waals surface area contributed by atoms with E-state index in [1.807, 2.05) is 45.9 Å². The molecular weight excluding hydrogens is 369 g/mol. The molecule has 2 rings (SSSR count). The Balaban J connectivity index is 2.61. The number of thiophene rings is 1. The third-order valence-corrected chi connectivity index (χ3v) is 8.16. The first-order valence-electron chi connectivity index (χ1n) is 8.44. The minimum absolute atomic E-state index is 0.171. The molecule has 2 aromatic rings. The second-order valence-electron chi connectivity index (χ2n) is 7.18. The predicted octanol–water partition coefficient (Wildman–Crippen LogP) is 5.04. The van der Waals surface area contributed by atoms with Gasteiger partial charge in [0.1, 0.15) is 4.88 Å². The van der Waals surface area contributed by atoms with Crippen molar-refractivity contribution < 1.29 is 19.0 Å². The van der Waals surface area contributed by atoms with E-state index in [4.69, 9.17) is 4.52 Å². The van der Waals surface area contributed by atoms with Crippen LogP contribution >= 0.6 is 18.9 Å². The van der Waals surface area contributed by atoms with E-state index in [2.05, 4.69) is 0 Å². The fourth-order valence-corrected chi connectivity index (χ4v) is 5.67. The lowest BCUT2D eigenvalue weighted by molar-refractivity contribution is 0.0703. The first-order chi connectivity index (χ1) is 12.0. The molecule has 1 aromatic carbocycles. The highest BCUT2D eigenvalue weighted by Crippen LogP contribution is 2.53. The minimum atomic E-state index is -3.43. The SMILES string of the molecule is CCOP(=O)(c1ccc(C)cc1)N(C)c1cc(C(C)(C)C)sc1C(=O)O. The zero-order valence-corrected chi connectivity index (χ0v) is 17.8. The summed E-state index contributed by atoms with van der Waals surface area (Å²) in [5.41, 5.74) is 1.27. The largest absolute Gasteiger partial charge is 0.477 e. The van der Waals surface area contributed by atoms with Gasteiger partial charge >= 0.3 is 13.5 Å². The minimum Gasteiger partial charge on any atom is -0.477 e. The number of carbonyl (C=O) groups is 1. The molecule has 1 N–H and O–H groups in total. The summed E-state index contributed by atoms with van der Waals surface area (Å²) in [5.74, 6) is -1.03. The van der Waals surface area contributed by atoms with Crippen molar-refractivity contribution in [1.29, 1.82) is 0 Å². The quantitative estimate of drug-likeness (QED) is 0.694. The van der Waals surface area contributed by atoms with Crippen LogP contribution in [-0.2, 0) is 14.5 Å². The number of nitrogens with zero attached hydrogens (tertiary/aromatic N) is 1. The fraction of sp³-hybridized carbons (Fsp3) is 0.421. The molecule has 1 unspecified atom stereocenters. The van der Waals surface area contributed by atoms with E-state index in [0.717, 1.165) is 10.4 Å². The lowest BCUT2D eigenvalue weighted by Gasteiger charge is -2.29. The second-order valence-corrected chi connectivity index (χ2v) is 10.6. The molecule has 1 aromatic heterocycles. The van der Waals surface area contributed by atoms with Gasteiger partial charge in [-0.15, -0.1) is 11.3 Å². The normalized spacial score (nSPS) is 14.1. The van der Waals surface area contributed by atoms with Crippen LogP contribution in [0.25, 0.3) is 0 Å². The van der Waals surface area contributed by atoms with Crippen molar-refractivity contribution in [3.05, 3.63) is 45.6 Å². The van der Waals surface area contributed by atoms with Crippen LogP contribution in [0.5, 0.6) is 0 Å². The highest BCUT2D eigenvalue weighted by molar-refractivity contribution is 7.68. The zero-order chi connectivity index (χ0) is 19.7. The number of hydrogen-bond donors (Lipinski definition) is 1. The van der Waals surface area contributed by atoms with Gasteiger partial charge in [-0.2, -0.15) is 0 Å². The van der Waals surface area contributed by atoms with Gasteiger partial charge in [0.05, 0.1) is 17.6 Å². The average Bonchev–Trinajstić information content (AvgIpc) is 3.00. The summed E-state index contributed by atoms with van der Waals surface area (Å²) in [6.45, 7) is 10.1. The van der Waals surface area contributed by atoms with Gasteiger partial charge in [-0.1, -0.05) is 38.5 Å². The van der Waals surface area contributed by atoms with Gasteiger partial charge in [0.15, 0.2) is 0 Å². The summed E-state index contributed by atoms with van der Waals surface area (Å²) < 4.78 is 21.0. The Morgan fingerprint density at radius 2 is 1.85 bits per heavy atom. The lowest BCUT2D eigenvalue weighted by atomic mass is 9.94. The van der Waals surface area contributed by atoms with Crippen LogP contribution in [0.15, 0.2) is 30.3 Å². The summed E-state index contributed by atoms with van der Waals surface area (Å²) in [7, 11) is -1.80. The Morgan fingerprint density at radius 3 is 2.31 bits per heavy atom. The third-order valence-electron chi connectivity index (χ3n) is 4.05. The standard InChI is InChI=1S/C19H26NO4PS/c1-7-24-25(23,14-10-8-13(2)9-11-14)20(6)15-12-16(19(3,4)5)26-17(15)18(21)22/h8-12H,7H2,1-6H3,(H,21,22). The Morgan fingerprint density at radius 1 is 1.27 bits per heavy atom. The van der Waals surface area contributed by atoms with Crippen LogP contribution in [0.1, 0.15) is 47.8 Å². The number of hydrogen-bond acceptors (Lipinski definition) is 4. The summed E-state index contributed by atoms with van der Waals surface area (Å²) >= 11 is 1.22. The van der Waals surface area contributed by atoms with Crippen molar-refractivity contribution in [1.82, 2.24) is 0 Å². The van der Waals surface area contributed by atoms with Crippen molar-refractivity contribution in [3.8, 4) is 0 Å². The molecule has 7 heteroatoms. The number of benzene rings is 1. The van der Waals surface area contributed by atoms with Crippen LogP contribution in [0, 0.1) is 6.92 Å². The highest BCUT2D eigenvalue weighted by Gasteiger charge is 2.35. The number of carboxylic acids is 1. The summed E-state index contributed by atoms with van der Waals surface area (Å²) in [6.07, 6.45) is 0. The van der Waals surface area contributed by atoms with E-state index in [1.54, 1.807) is 26.1 Å². The molecule has 0 bridgehead atoms. The Kier molecular flexibility index (Phi) is 6.01. The molecule has 0 aliphatic rings. The number of rotatable bonds is 6. The van der Waals surface area contributed by atoms with E-state index in [0.29, 0.717) is 11.0 Å². The first kappa shape index (κ1) is 20.7. The Bertz CT molecular complexity index is 836. The lowest BCUT2D eigenvalue weighted by Crippen LogP contribution is -2.24. The van der Waals surface area contributed by atoms with Crippen LogP contribution < -0.4 is 9.97 Å². The number of carboxylic acid groups (broad SMARTS) is 1. The highest BCUT2D eigenvalue weighted by atomic mass is 32.1. The monoisotopic (exact) mass is 395 g/mol. The van der Waals surface area contributed by atoms with Crippen LogP contribution in [0.3, 0.4) is 0 Å². The van der Waals surface area contributed by atoms with Crippen molar-refractivity contribution in [2.75, 3.05) is 18.3 Å². The van der Waals surface area contributed by atoms with Gasteiger partial charge in [0.2, 0.25) is 0 Å². The Hall–Kier alpha value is -1.62. The molecular formula is C19H26NO4PS. The predicted molar refractivity (Wildman–Crippen MR) is 108 cm³/mol. The topological polar surface area (TPSA) is 66.8 Å². The van der Waals surface area contributed by atoms with Crippen molar-refractivity contribution >= 4 is 35.8 Å². The third kappa shape index (κ3) is 4.03. The molecule has 0 fully saturated rings. The van der Waals surface area contributed by atoms with Crippen LogP contribution in [0.2, 0.25) is 0 Å². The molecule has 26 heavy (non-hydrogen) atoms. The van der Waals surface area contributed by atoms with E-state index in [-0.39, 0.29) is 16.9 Å².